The number of allylic oxidation sites excluding steroid dienone is 1. The number of fused-ring (bicyclic) bond motifs is 1. The van der Waals surface area contributed by atoms with Crippen molar-refractivity contribution in [3.05, 3.63) is 87.4 Å². The van der Waals surface area contributed by atoms with Crippen LogP contribution in [-0.2, 0) is 14.3 Å². The van der Waals surface area contributed by atoms with E-state index in [2.05, 4.69) is 36.9 Å². The van der Waals surface area contributed by atoms with E-state index < -0.39 is 24.6 Å². The lowest BCUT2D eigenvalue weighted by atomic mass is 9.96. The number of benzene rings is 2. The van der Waals surface area contributed by atoms with Crippen LogP contribution in [0.4, 0.5) is 0 Å². The molecular formula is C26H22Br2N2O7S. The largest absolute Gasteiger partial charge is 0.496 e. The quantitative estimate of drug-likeness (QED) is 0.364. The van der Waals surface area contributed by atoms with Gasteiger partial charge in [0.05, 0.1) is 44.5 Å². The SMILES string of the molecule is CCOC(=O)C1=C(C)N=c2s/c(=C/c3ccc(OCC(=O)O)c(Br)c3)c(=O)n2[C@@H]1c1ccc(OC)c(Br)c1. The number of thiazole rings is 1. The molecule has 0 fully saturated rings. The highest BCUT2D eigenvalue weighted by Crippen LogP contribution is 2.35. The van der Waals surface area contributed by atoms with Gasteiger partial charge in [0.1, 0.15) is 11.5 Å². The number of hydrogen-bond acceptors (Lipinski definition) is 8. The third-order valence-corrected chi connectivity index (χ3v) is 7.84. The van der Waals surface area contributed by atoms with Gasteiger partial charge in [-0.1, -0.05) is 23.5 Å². The molecule has 0 bridgehead atoms. The highest BCUT2D eigenvalue weighted by molar-refractivity contribution is 9.10. The van der Waals surface area contributed by atoms with Crippen molar-refractivity contribution in [1.82, 2.24) is 4.57 Å². The lowest BCUT2D eigenvalue weighted by Crippen LogP contribution is -2.39. The molecule has 9 nitrogen and oxygen atoms in total. The predicted octanol–water partition coefficient (Wildman–Crippen LogP) is 3.80. The number of nitrogens with zero attached hydrogens (tertiary/aromatic N) is 2. The number of rotatable bonds is 8. The summed E-state index contributed by atoms with van der Waals surface area (Å²) < 4.78 is 19.1. The van der Waals surface area contributed by atoms with Crippen molar-refractivity contribution in [3.63, 3.8) is 0 Å². The first kappa shape index (κ1) is 27.8. The molecule has 3 aromatic rings. The van der Waals surface area contributed by atoms with Crippen molar-refractivity contribution in [2.75, 3.05) is 20.3 Å². The molecule has 0 aliphatic carbocycles. The molecular weight excluding hydrogens is 644 g/mol. The van der Waals surface area contributed by atoms with Crippen LogP contribution in [0.2, 0.25) is 0 Å². The number of esters is 1. The molecule has 0 amide bonds. The lowest BCUT2D eigenvalue weighted by Gasteiger charge is -2.25. The molecule has 2 aromatic carbocycles. The standard InChI is InChI=1S/C26H22Br2N2O7S/c1-4-36-25(34)22-13(2)29-26-30(23(22)15-6-8-18(35-3)17(28)11-15)24(33)20(38-26)10-14-5-7-19(16(27)9-14)37-12-21(31)32/h5-11,23H,4,12H2,1-3H3,(H,31,32)/b20-10+/t23-/m1/s1. The first-order valence-corrected chi connectivity index (χ1v) is 13.7. The average Bonchev–Trinajstić information content (AvgIpc) is 3.16. The highest BCUT2D eigenvalue weighted by Gasteiger charge is 2.33. The molecule has 0 radical (unpaired) electrons. The minimum absolute atomic E-state index is 0.181. The van der Waals surface area contributed by atoms with Gasteiger partial charge in [0.25, 0.3) is 5.56 Å². The minimum atomic E-state index is -1.09. The maximum Gasteiger partial charge on any atom is 0.341 e. The fourth-order valence-corrected chi connectivity index (χ4v) is 6.09. The van der Waals surface area contributed by atoms with Crippen LogP contribution >= 0.6 is 43.2 Å². The van der Waals surface area contributed by atoms with Gasteiger partial charge in [-0.3, -0.25) is 9.36 Å². The zero-order chi connectivity index (χ0) is 27.6. The Balaban J connectivity index is 1.86. The van der Waals surface area contributed by atoms with E-state index in [0.29, 0.717) is 46.6 Å². The van der Waals surface area contributed by atoms with Crippen molar-refractivity contribution >= 4 is 61.2 Å². The molecule has 1 aromatic heterocycles. The maximum absolute atomic E-state index is 13.7. The Kier molecular flexibility index (Phi) is 8.54. The molecule has 38 heavy (non-hydrogen) atoms. The van der Waals surface area contributed by atoms with Crippen molar-refractivity contribution in [2.45, 2.75) is 19.9 Å². The zero-order valence-electron chi connectivity index (χ0n) is 20.5. The van der Waals surface area contributed by atoms with E-state index in [9.17, 15) is 14.4 Å². The summed E-state index contributed by atoms with van der Waals surface area (Å²) in [6, 6.07) is 9.68. The molecule has 1 atom stereocenters. The third-order valence-electron chi connectivity index (χ3n) is 5.61. The summed E-state index contributed by atoms with van der Waals surface area (Å²) >= 11 is 8.08. The molecule has 0 saturated heterocycles. The first-order valence-electron chi connectivity index (χ1n) is 11.3. The van der Waals surface area contributed by atoms with Crippen molar-refractivity contribution in [1.29, 1.82) is 0 Å². The van der Waals surface area contributed by atoms with Crippen molar-refractivity contribution in [3.8, 4) is 11.5 Å². The lowest BCUT2D eigenvalue weighted by molar-refractivity contribution is -0.140. The smallest absolute Gasteiger partial charge is 0.341 e. The van der Waals surface area contributed by atoms with E-state index in [1.165, 1.54) is 15.9 Å². The number of carboxylic acid groups (broad SMARTS) is 1. The number of carbonyl (C=O) groups excluding carboxylic acids is 1. The van der Waals surface area contributed by atoms with Gasteiger partial charge >= 0.3 is 11.9 Å². The zero-order valence-corrected chi connectivity index (χ0v) is 24.5. The van der Waals surface area contributed by atoms with Gasteiger partial charge < -0.3 is 19.3 Å². The Morgan fingerprint density at radius 3 is 2.50 bits per heavy atom. The summed E-state index contributed by atoms with van der Waals surface area (Å²) in [7, 11) is 1.56. The highest BCUT2D eigenvalue weighted by atomic mass is 79.9. The molecule has 2 heterocycles. The Labute approximate surface area is 237 Å². The van der Waals surface area contributed by atoms with E-state index in [-0.39, 0.29) is 17.7 Å². The summed E-state index contributed by atoms with van der Waals surface area (Å²) in [6.45, 7) is 3.15. The monoisotopic (exact) mass is 664 g/mol. The Morgan fingerprint density at radius 1 is 1.16 bits per heavy atom. The van der Waals surface area contributed by atoms with Crippen LogP contribution in [0.25, 0.3) is 6.08 Å². The summed E-state index contributed by atoms with van der Waals surface area (Å²) in [6.07, 6.45) is 1.71. The average molecular weight is 666 g/mol. The Morgan fingerprint density at radius 2 is 1.87 bits per heavy atom. The Hall–Kier alpha value is -3.22. The van der Waals surface area contributed by atoms with Crippen LogP contribution in [0.5, 0.6) is 11.5 Å². The predicted molar refractivity (Wildman–Crippen MR) is 148 cm³/mol. The number of carbonyl (C=O) groups is 2. The fraction of sp³-hybridized carbons (Fsp3) is 0.231. The van der Waals surface area contributed by atoms with Crippen LogP contribution in [-0.4, -0.2) is 41.9 Å². The molecule has 1 N–H and O–H groups in total. The van der Waals surface area contributed by atoms with E-state index in [4.69, 9.17) is 19.3 Å². The van der Waals surface area contributed by atoms with E-state index in [1.807, 2.05) is 6.07 Å². The number of hydrogen-bond donors (Lipinski definition) is 1. The maximum atomic E-state index is 13.7. The number of ether oxygens (including phenoxy) is 3. The summed E-state index contributed by atoms with van der Waals surface area (Å²) in [5, 5.41) is 8.84. The molecule has 1 aliphatic rings. The van der Waals surface area contributed by atoms with Gasteiger partial charge in [0.15, 0.2) is 11.4 Å². The van der Waals surface area contributed by atoms with E-state index >= 15 is 0 Å². The topological polar surface area (TPSA) is 116 Å². The molecule has 0 saturated carbocycles. The van der Waals surface area contributed by atoms with Crippen molar-refractivity contribution in [2.24, 2.45) is 4.99 Å². The minimum Gasteiger partial charge on any atom is -0.496 e. The van der Waals surface area contributed by atoms with Gasteiger partial charge in [-0.15, -0.1) is 0 Å². The van der Waals surface area contributed by atoms with Crippen LogP contribution < -0.4 is 24.4 Å². The number of methoxy groups -OCH3 is 1. The normalized spacial score (nSPS) is 15.1. The second-order valence-corrected chi connectivity index (χ2v) is 10.8. The van der Waals surface area contributed by atoms with Gasteiger partial charge in [-0.25, -0.2) is 14.6 Å². The van der Waals surface area contributed by atoms with Crippen LogP contribution in [0.3, 0.4) is 0 Å². The molecule has 198 valence electrons. The molecule has 4 rings (SSSR count). The second-order valence-electron chi connectivity index (χ2n) is 8.07. The van der Waals surface area contributed by atoms with Gasteiger partial charge in [-0.05, 0) is 87.2 Å². The van der Waals surface area contributed by atoms with Gasteiger partial charge in [-0.2, -0.15) is 0 Å². The third kappa shape index (κ3) is 5.62. The number of aromatic nitrogens is 1. The first-order chi connectivity index (χ1) is 18.1. The number of carboxylic acids is 1. The van der Waals surface area contributed by atoms with Crippen molar-refractivity contribution < 1.29 is 28.9 Å². The second kappa shape index (κ2) is 11.7. The van der Waals surface area contributed by atoms with E-state index in [0.717, 1.165) is 0 Å². The summed E-state index contributed by atoms with van der Waals surface area (Å²) in [5.74, 6) is -0.648. The molecule has 12 heteroatoms. The van der Waals surface area contributed by atoms with Gasteiger partial charge in [0.2, 0.25) is 0 Å². The van der Waals surface area contributed by atoms with Crippen LogP contribution in [0, 0.1) is 0 Å². The van der Waals surface area contributed by atoms with Crippen LogP contribution in [0.1, 0.15) is 31.0 Å². The fourth-order valence-electron chi connectivity index (χ4n) is 3.97. The van der Waals surface area contributed by atoms with Crippen LogP contribution in [0.15, 0.2) is 66.4 Å². The molecule has 1 aliphatic heterocycles. The summed E-state index contributed by atoms with van der Waals surface area (Å²) in [4.78, 5) is 42.6. The van der Waals surface area contributed by atoms with E-state index in [1.54, 1.807) is 57.4 Å². The number of aliphatic carboxylic acids is 1. The number of halogens is 2. The molecule has 0 unspecified atom stereocenters. The molecule has 0 spiro atoms. The Bertz CT molecular complexity index is 1640. The summed E-state index contributed by atoms with van der Waals surface area (Å²) in [5.41, 5.74) is 1.81. The van der Waals surface area contributed by atoms with Gasteiger partial charge in [0, 0.05) is 0 Å².